The summed E-state index contributed by atoms with van der Waals surface area (Å²) in [6.45, 7) is 2.14. The van der Waals surface area contributed by atoms with Gasteiger partial charge in [-0.05, 0) is 31.4 Å². The molecule has 2 aliphatic rings. The number of halogens is 1. The average Bonchev–Trinajstić information content (AvgIpc) is 2.23. The van der Waals surface area contributed by atoms with Gasteiger partial charge in [-0.2, -0.15) is 0 Å². The lowest BCUT2D eigenvalue weighted by Gasteiger charge is -2.42. The molecule has 2 nitrogen and oxygen atoms in total. The van der Waals surface area contributed by atoms with E-state index in [4.69, 9.17) is 4.74 Å². The van der Waals surface area contributed by atoms with Gasteiger partial charge in [0.15, 0.2) is 0 Å². The van der Waals surface area contributed by atoms with E-state index in [9.17, 15) is 5.11 Å². The Labute approximate surface area is 116 Å². The van der Waals surface area contributed by atoms with E-state index in [0.717, 1.165) is 28.1 Å². The normalized spacial score (nSPS) is 31.4. The minimum Gasteiger partial charge on any atom is -0.487 e. The second-order valence-electron chi connectivity index (χ2n) is 5.96. The van der Waals surface area contributed by atoms with Crippen molar-refractivity contribution in [3.63, 3.8) is 0 Å². The predicted octanol–water partition coefficient (Wildman–Crippen LogP) is 4.21. The first-order chi connectivity index (χ1) is 8.56. The van der Waals surface area contributed by atoms with Crippen LogP contribution in [0.25, 0.3) is 0 Å². The fourth-order valence-corrected chi connectivity index (χ4v) is 3.47. The molecule has 0 bridgehead atoms. The third kappa shape index (κ3) is 2.30. The van der Waals surface area contributed by atoms with Crippen molar-refractivity contribution in [2.45, 2.75) is 50.7 Å². The number of rotatable bonds is 2. The van der Waals surface area contributed by atoms with Crippen molar-refractivity contribution in [3.05, 3.63) is 28.2 Å². The topological polar surface area (TPSA) is 29.5 Å². The Morgan fingerprint density at radius 1 is 1.44 bits per heavy atom. The third-order valence-electron chi connectivity index (χ3n) is 4.26. The van der Waals surface area contributed by atoms with Crippen LogP contribution in [0.4, 0.5) is 0 Å². The number of hydrogen-bond donors (Lipinski definition) is 1. The smallest absolute Gasteiger partial charge is 0.127 e. The molecule has 1 heterocycles. The second kappa shape index (κ2) is 4.53. The van der Waals surface area contributed by atoms with Crippen LogP contribution in [0, 0.1) is 5.92 Å². The van der Waals surface area contributed by atoms with Crippen LogP contribution in [-0.2, 0) is 0 Å². The lowest BCUT2D eigenvalue weighted by atomic mass is 9.75. The molecule has 0 amide bonds. The summed E-state index contributed by atoms with van der Waals surface area (Å²) in [6.07, 6.45) is 5.37. The van der Waals surface area contributed by atoms with Gasteiger partial charge < -0.3 is 9.84 Å². The van der Waals surface area contributed by atoms with Crippen molar-refractivity contribution in [1.29, 1.82) is 0 Å². The molecule has 1 aliphatic heterocycles. The van der Waals surface area contributed by atoms with Gasteiger partial charge >= 0.3 is 0 Å². The number of hydrogen-bond acceptors (Lipinski definition) is 2. The van der Waals surface area contributed by atoms with Crippen molar-refractivity contribution in [2.24, 2.45) is 5.92 Å². The minimum atomic E-state index is -0.396. The van der Waals surface area contributed by atoms with Gasteiger partial charge in [0.2, 0.25) is 0 Å². The zero-order valence-electron chi connectivity index (χ0n) is 10.7. The van der Waals surface area contributed by atoms with E-state index in [1.165, 1.54) is 19.3 Å². The van der Waals surface area contributed by atoms with E-state index in [1.54, 1.807) is 0 Å². The van der Waals surface area contributed by atoms with Crippen LogP contribution in [0.15, 0.2) is 22.7 Å². The molecule has 1 saturated carbocycles. The van der Waals surface area contributed by atoms with Crippen LogP contribution in [-0.4, -0.2) is 10.7 Å². The Balaban J connectivity index is 1.84. The Morgan fingerprint density at radius 2 is 2.22 bits per heavy atom. The van der Waals surface area contributed by atoms with Crippen LogP contribution >= 0.6 is 15.9 Å². The molecule has 0 saturated heterocycles. The second-order valence-corrected chi connectivity index (χ2v) is 6.87. The molecule has 0 radical (unpaired) electrons. The van der Waals surface area contributed by atoms with Crippen LogP contribution in [0.3, 0.4) is 0 Å². The Bertz CT molecular complexity index is 456. The lowest BCUT2D eigenvalue weighted by molar-refractivity contribution is -0.0248. The average molecular weight is 311 g/mol. The molecular weight excluding hydrogens is 292 g/mol. The quantitative estimate of drug-likeness (QED) is 0.886. The summed E-state index contributed by atoms with van der Waals surface area (Å²) in [5.74, 6) is 1.63. The van der Waals surface area contributed by atoms with Crippen LogP contribution in [0.1, 0.15) is 50.7 Å². The molecule has 98 valence electrons. The monoisotopic (exact) mass is 310 g/mol. The van der Waals surface area contributed by atoms with Crippen molar-refractivity contribution in [2.75, 3.05) is 0 Å². The highest BCUT2D eigenvalue weighted by Gasteiger charge is 2.39. The van der Waals surface area contributed by atoms with E-state index >= 15 is 0 Å². The summed E-state index contributed by atoms with van der Waals surface area (Å²) in [5.41, 5.74) is 0.711. The van der Waals surface area contributed by atoms with Crippen LogP contribution in [0.2, 0.25) is 0 Å². The highest BCUT2D eigenvalue weighted by Crippen LogP contribution is 2.45. The van der Waals surface area contributed by atoms with E-state index in [1.807, 2.05) is 18.2 Å². The lowest BCUT2D eigenvalue weighted by Crippen LogP contribution is -2.41. The van der Waals surface area contributed by atoms with E-state index in [2.05, 4.69) is 22.9 Å². The number of aliphatic hydroxyl groups excluding tert-OH is 1. The van der Waals surface area contributed by atoms with Gasteiger partial charge in [0.05, 0.1) is 6.10 Å². The first kappa shape index (κ1) is 12.5. The maximum Gasteiger partial charge on any atom is 0.127 e. The fourth-order valence-electron chi connectivity index (χ4n) is 3.13. The maximum atomic E-state index is 10.3. The van der Waals surface area contributed by atoms with Crippen molar-refractivity contribution in [1.82, 2.24) is 0 Å². The number of benzene rings is 1. The summed E-state index contributed by atoms with van der Waals surface area (Å²) >= 11 is 3.46. The first-order valence-electron chi connectivity index (χ1n) is 6.72. The predicted molar refractivity (Wildman–Crippen MR) is 74.7 cm³/mol. The largest absolute Gasteiger partial charge is 0.487 e. The highest BCUT2D eigenvalue weighted by atomic mass is 79.9. The van der Waals surface area contributed by atoms with Crippen molar-refractivity contribution < 1.29 is 9.84 Å². The molecule has 1 aliphatic carbocycles. The fraction of sp³-hybridized carbons (Fsp3) is 0.600. The van der Waals surface area contributed by atoms with Gasteiger partial charge in [0.1, 0.15) is 11.4 Å². The molecule has 1 aromatic carbocycles. The molecule has 1 aromatic rings. The molecule has 18 heavy (non-hydrogen) atoms. The molecule has 1 fully saturated rings. The summed E-state index contributed by atoms with van der Waals surface area (Å²) in [7, 11) is 0. The minimum absolute atomic E-state index is 0.210. The SMILES string of the molecule is CC1(CC2CCC2)C[C@@H](O)c2ccc(Br)cc2O1. The Hall–Kier alpha value is -0.540. The molecule has 0 aromatic heterocycles. The molecular formula is C15H19BrO2. The first-order valence-corrected chi connectivity index (χ1v) is 7.52. The van der Waals surface area contributed by atoms with E-state index < -0.39 is 6.10 Å². The summed E-state index contributed by atoms with van der Waals surface area (Å²) in [4.78, 5) is 0. The zero-order valence-corrected chi connectivity index (χ0v) is 12.2. The van der Waals surface area contributed by atoms with Crippen molar-refractivity contribution in [3.8, 4) is 5.75 Å². The number of fused-ring (bicyclic) bond motifs is 1. The Morgan fingerprint density at radius 3 is 2.89 bits per heavy atom. The maximum absolute atomic E-state index is 10.3. The van der Waals surface area contributed by atoms with Gasteiger partial charge in [-0.3, -0.25) is 0 Å². The van der Waals surface area contributed by atoms with Crippen LogP contribution in [0.5, 0.6) is 5.75 Å². The van der Waals surface area contributed by atoms with Crippen molar-refractivity contribution >= 4 is 15.9 Å². The van der Waals surface area contributed by atoms with Gasteiger partial charge in [-0.15, -0.1) is 0 Å². The molecule has 1 N–H and O–H groups in total. The van der Waals surface area contributed by atoms with Gasteiger partial charge in [-0.1, -0.05) is 41.3 Å². The molecule has 3 rings (SSSR count). The highest BCUT2D eigenvalue weighted by molar-refractivity contribution is 9.10. The summed E-state index contributed by atoms with van der Waals surface area (Å²) in [6, 6.07) is 5.88. The molecule has 3 heteroatoms. The van der Waals surface area contributed by atoms with Gasteiger partial charge in [-0.25, -0.2) is 0 Å². The molecule has 1 unspecified atom stereocenters. The molecule has 0 spiro atoms. The summed E-state index contributed by atoms with van der Waals surface area (Å²) < 4.78 is 7.19. The summed E-state index contributed by atoms with van der Waals surface area (Å²) in [5, 5.41) is 10.3. The third-order valence-corrected chi connectivity index (χ3v) is 4.75. The van der Waals surface area contributed by atoms with Crippen LogP contribution < -0.4 is 4.74 Å². The number of ether oxygens (including phenoxy) is 1. The van der Waals surface area contributed by atoms with E-state index in [0.29, 0.717) is 6.42 Å². The Kier molecular flexibility index (Phi) is 3.15. The standard InChI is InChI=1S/C15H19BrO2/c1-15(8-10-3-2-4-10)9-13(17)12-6-5-11(16)7-14(12)18-15/h5-7,10,13,17H,2-4,8-9H2,1H3/t13-,15?/m1/s1. The van der Waals surface area contributed by atoms with Gasteiger partial charge in [0.25, 0.3) is 0 Å². The zero-order chi connectivity index (χ0) is 12.8. The number of aliphatic hydroxyl groups is 1. The molecule has 2 atom stereocenters. The van der Waals surface area contributed by atoms with E-state index in [-0.39, 0.29) is 5.60 Å². The van der Waals surface area contributed by atoms with Gasteiger partial charge in [0, 0.05) is 16.5 Å².